The molecule has 8 nitrogen and oxygen atoms in total. The maximum Gasteiger partial charge on any atom is 0.337 e. The Morgan fingerprint density at radius 1 is 0.882 bits per heavy atom. The second-order valence-corrected chi connectivity index (χ2v) is 7.22. The molecule has 0 aliphatic carbocycles. The van der Waals surface area contributed by atoms with Crippen molar-refractivity contribution < 1.29 is 23.9 Å². The summed E-state index contributed by atoms with van der Waals surface area (Å²) in [6.07, 6.45) is 2.28. The molecule has 0 aromatic heterocycles. The van der Waals surface area contributed by atoms with Crippen LogP contribution in [-0.4, -0.2) is 31.1 Å². The molecule has 3 aromatic carbocycles. The Bertz CT molecular complexity index is 1170. The number of amides is 2. The van der Waals surface area contributed by atoms with E-state index in [0.29, 0.717) is 22.6 Å². The van der Waals surface area contributed by atoms with E-state index in [1.807, 2.05) is 25.1 Å². The number of para-hydroxylation sites is 1. The lowest BCUT2D eigenvalue weighted by Gasteiger charge is -2.09. The summed E-state index contributed by atoms with van der Waals surface area (Å²) < 4.78 is 10.5. The maximum absolute atomic E-state index is 12.1. The first-order valence-corrected chi connectivity index (χ1v) is 10.6. The molecule has 3 rings (SSSR count). The summed E-state index contributed by atoms with van der Waals surface area (Å²) in [5, 5.41) is 6.40. The molecule has 0 aliphatic heterocycles. The van der Waals surface area contributed by atoms with Gasteiger partial charge in [-0.3, -0.25) is 9.59 Å². The van der Waals surface area contributed by atoms with Gasteiger partial charge in [-0.25, -0.2) is 10.2 Å². The van der Waals surface area contributed by atoms with Crippen molar-refractivity contribution in [3.8, 4) is 5.75 Å². The molecule has 0 saturated carbocycles. The van der Waals surface area contributed by atoms with Crippen LogP contribution in [0.2, 0.25) is 0 Å². The zero-order valence-electron chi connectivity index (χ0n) is 18.9. The molecule has 8 heteroatoms. The SMILES string of the molecule is CCc1ccc(NC(=O)C(=O)N/N=C\c2ccccc2OCc2ccc(C(=O)OC)cc2)cc1. The number of aryl methyl sites for hydroxylation is 1. The number of ether oxygens (including phenoxy) is 2. The zero-order chi connectivity index (χ0) is 24.3. The molecule has 0 bridgehead atoms. The predicted molar refractivity (Wildman–Crippen MR) is 129 cm³/mol. The Hall–Kier alpha value is -4.46. The first kappa shape index (κ1) is 24.2. The van der Waals surface area contributed by atoms with Crippen molar-refractivity contribution in [1.29, 1.82) is 0 Å². The Morgan fingerprint density at radius 3 is 2.24 bits per heavy atom. The smallest absolute Gasteiger partial charge is 0.337 e. The molecule has 0 aliphatic rings. The molecule has 34 heavy (non-hydrogen) atoms. The van der Waals surface area contributed by atoms with Gasteiger partial charge in [0.05, 0.1) is 18.9 Å². The van der Waals surface area contributed by atoms with E-state index in [1.165, 1.54) is 13.3 Å². The summed E-state index contributed by atoms with van der Waals surface area (Å²) in [7, 11) is 1.33. The minimum Gasteiger partial charge on any atom is -0.488 e. The van der Waals surface area contributed by atoms with Crippen molar-refractivity contribution in [2.45, 2.75) is 20.0 Å². The fourth-order valence-corrected chi connectivity index (χ4v) is 2.96. The number of methoxy groups -OCH3 is 1. The number of carbonyl (C=O) groups excluding carboxylic acids is 3. The Labute approximate surface area is 197 Å². The molecular weight excluding hydrogens is 434 g/mol. The van der Waals surface area contributed by atoms with Gasteiger partial charge in [-0.15, -0.1) is 0 Å². The van der Waals surface area contributed by atoms with Crippen molar-refractivity contribution in [2.75, 3.05) is 12.4 Å². The highest BCUT2D eigenvalue weighted by Crippen LogP contribution is 2.18. The highest BCUT2D eigenvalue weighted by Gasteiger charge is 2.13. The van der Waals surface area contributed by atoms with Crippen molar-refractivity contribution in [1.82, 2.24) is 5.43 Å². The lowest BCUT2D eigenvalue weighted by molar-refractivity contribution is -0.136. The second-order valence-electron chi connectivity index (χ2n) is 7.22. The van der Waals surface area contributed by atoms with Gasteiger partial charge in [-0.1, -0.05) is 43.3 Å². The second kappa shape index (κ2) is 12.0. The topological polar surface area (TPSA) is 106 Å². The van der Waals surface area contributed by atoms with E-state index < -0.39 is 17.8 Å². The van der Waals surface area contributed by atoms with Crippen molar-refractivity contribution in [3.63, 3.8) is 0 Å². The van der Waals surface area contributed by atoms with Crippen LogP contribution in [-0.2, 0) is 27.4 Å². The van der Waals surface area contributed by atoms with E-state index in [9.17, 15) is 14.4 Å². The van der Waals surface area contributed by atoms with Gasteiger partial charge in [-0.2, -0.15) is 5.10 Å². The monoisotopic (exact) mass is 459 g/mol. The quantitative estimate of drug-likeness (QED) is 0.231. The van der Waals surface area contributed by atoms with E-state index in [4.69, 9.17) is 4.74 Å². The van der Waals surface area contributed by atoms with Crippen LogP contribution in [0.5, 0.6) is 5.75 Å². The van der Waals surface area contributed by atoms with Gasteiger partial charge in [0.2, 0.25) is 0 Å². The Morgan fingerprint density at radius 2 is 1.56 bits per heavy atom. The number of hydrogen-bond donors (Lipinski definition) is 2. The van der Waals surface area contributed by atoms with Crippen LogP contribution in [0.15, 0.2) is 77.9 Å². The van der Waals surface area contributed by atoms with Crippen LogP contribution in [0, 0.1) is 0 Å². The molecular formula is C26H25N3O5. The fraction of sp³-hybridized carbons (Fsp3) is 0.154. The zero-order valence-corrected chi connectivity index (χ0v) is 18.9. The summed E-state index contributed by atoms with van der Waals surface area (Å²) in [5.74, 6) is -1.57. The molecule has 3 aromatic rings. The standard InChI is InChI=1S/C26H25N3O5/c1-3-18-10-14-22(15-11-18)28-24(30)25(31)29-27-16-21-6-4-5-7-23(21)34-17-19-8-12-20(13-9-19)26(32)33-2/h4-16H,3,17H2,1-2H3,(H,28,30)(H,29,31)/b27-16-. The molecule has 0 spiro atoms. The Balaban J connectivity index is 1.55. The molecule has 0 unspecified atom stereocenters. The van der Waals surface area contributed by atoms with Gasteiger partial charge in [-0.05, 0) is 53.9 Å². The fourth-order valence-electron chi connectivity index (χ4n) is 2.96. The van der Waals surface area contributed by atoms with Crippen molar-refractivity contribution in [2.24, 2.45) is 5.10 Å². The lowest BCUT2D eigenvalue weighted by Crippen LogP contribution is -2.32. The number of nitrogens with one attached hydrogen (secondary N) is 2. The molecule has 0 fully saturated rings. The van der Waals surface area contributed by atoms with Gasteiger partial charge in [0, 0.05) is 11.3 Å². The van der Waals surface area contributed by atoms with E-state index in [-0.39, 0.29) is 6.61 Å². The highest BCUT2D eigenvalue weighted by atomic mass is 16.5. The summed E-state index contributed by atoms with van der Waals surface area (Å²) in [6, 6.07) is 21.3. The number of carbonyl (C=O) groups is 3. The molecule has 2 amide bonds. The van der Waals surface area contributed by atoms with E-state index in [0.717, 1.165) is 17.5 Å². The third kappa shape index (κ3) is 6.77. The maximum atomic E-state index is 12.1. The number of anilines is 1. The first-order chi connectivity index (χ1) is 16.5. The summed E-state index contributed by atoms with van der Waals surface area (Å²) in [4.78, 5) is 35.7. The lowest BCUT2D eigenvalue weighted by atomic mass is 10.1. The number of esters is 1. The van der Waals surface area contributed by atoms with Gasteiger partial charge in [0.25, 0.3) is 0 Å². The summed E-state index contributed by atoms with van der Waals surface area (Å²) in [6.45, 7) is 2.30. The largest absolute Gasteiger partial charge is 0.488 e. The molecule has 174 valence electrons. The third-order valence-corrected chi connectivity index (χ3v) is 4.88. The molecule has 0 saturated heterocycles. The number of benzene rings is 3. The summed E-state index contributed by atoms with van der Waals surface area (Å²) in [5.41, 5.74) is 5.80. The number of rotatable bonds is 8. The average Bonchev–Trinajstić information content (AvgIpc) is 2.88. The van der Waals surface area contributed by atoms with Crippen molar-refractivity contribution in [3.05, 3.63) is 95.1 Å². The summed E-state index contributed by atoms with van der Waals surface area (Å²) >= 11 is 0. The van der Waals surface area contributed by atoms with Gasteiger partial charge < -0.3 is 14.8 Å². The van der Waals surface area contributed by atoms with Crippen molar-refractivity contribution >= 4 is 29.7 Å². The van der Waals surface area contributed by atoms with E-state index in [1.54, 1.807) is 54.6 Å². The van der Waals surface area contributed by atoms with Crippen LogP contribution in [0.4, 0.5) is 5.69 Å². The van der Waals surface area contributed by atoms with Crippen LogP contribution < -0.4 is 15.5 Å². The minimum absolute atomic E-state index is 0.262. The van der Waals surface area contributed by atoms with Gasteiger partial charge >= 0.3 is 17.8 Å². The van der Waals surface area contributed by atoms with Gasteiger partial charge in [0.1, 0.15) is 12.4 Å². The third-order valence-electron chi connectivity index (χ3n) is 4.88. The normalized spacial score (nSPS) is 10.5. The molecule has 0 heterocycles. The van der Waals surface area contributed by atoms with Crippen LogP contribution in [0.3, 0.4) is 0 Å². The number of nitrogens with zero attached hydrogens (tertiary/aromatic N) is 1. The first-order valence-electron chi connectivity index (χ1n) is 10.6. The van der Waals surface area contributed by atoms with Crippen LogP contribution in [0.1, 0.15) is 34.0 Å². The number of hydrazone groups is 1. The molecule has 0 atom stereocenters. The Kier molecular flexibility index (Phi) is 8.51. The van der Waals surface area contributed by atoms with E-state index >= 15 is 0 Å². The van der Waals surface area contributed by atoms with E-state index in [2.05, 4.69) is 20.6 Å². The average molecular weight is 460 g/mol. The molecule has 2 N–H and O–H groups in total. The number of hydrogen-bond acceptors (Lipinski definition) is 6. The van der Waals surface area contributed by atoms with Gasteiger partial charge in [0.15, 0.2) is 0 Å². The van der Waals surface area contributed by atoms with Crippen LogP contribution in [0.25, 0.3) is 0 Å². The van der Waals surface area contributed by atoms with Crippen LogP contribution >= 0.6 is 0 Å². The minimum atomic E-state index is -0.889. The highest BCUT2D eigenvalue weighted by molar-refractivity contribution is 6.39. The predicted octanol–water partition coefficient (Wildman–Crippen LogP) is 3.70. The molecule has 0 radical (unpaired) electrons.